The third-order valence-electron chi connectivity index (χ3n) is 7.04. The molecule has 4 nitrogen and oxygen atoms in total. The van der Waals surface area contributed by atoms with E-state index in [-0.39, 0.29) is 11.9 Å². The van der Waals surface area contributed by atoms with Crippen LogP contribution in [0.4, 0.5) is 0 Å². The fraction of sp³-hybridized carbons (Fsp3) is 0.414. The third kappa shape index (κ3) is 5.22. The number of carbonyl (C=O) groups excluding carboxylic acids is 1. The van der Waals surface area contributed by atoms with Crippen LogP contribution in [-0.2, 0) is 6.54 Å². The number of benzene rings is 2. The normalized spacial score (nSPS) is 18.7. The van der Waals surface area contributed by atoms with Gasteiger partial charge in [0.1, 0.15) is 11.5 Å². The van der Waals surface area contributed by atoms with Gasteiger partial charge in [-0.25, -0.2) is 0 Å². The summed E-state index contributed by atoms with van der Waals surface area (Å²) in [5.41, 5.74) is 4.68. The van der Waals surface area contributed by atoms with Gasteiger partial charge in [-0.1, -0.05) is 42.5 Å². The fourth-order valence-electron chi connectivity index (χ4n) is 5.11. The summed E-state index contributed by atoms with van der Waals surface area (Å²) in [6, 6.07) is 20.7. The summed E-state index contributed by atoms with van der Waals surface area (Å²) in [7, 11) is 0. The minimum Gasteiger partial charge on any atom is -0.465 e. The Labute approximate surface area is 198 Å². The standard InChI is InChI=1S/C29H36N2O2/c1-20(2)31(29(32)24-12-7-6-8-13-24)17-25-16-30(18-26-15-22(4)23(5)33-26)19-28(25)27-14-10-9-11-21(27)3/h6-15,20,25,28H,16-19H2,1-5H3/t25-,28-/m1/s1. The Morgan fingerprint density at radius 1 is 1.00 bits per heavy atom. The highest BCUT2D eigenvalue weighted by atomic mass is 16.3. The topological polar surface area (TPSA) is 36.7 Å². The van der Waals surface area contributed by atoms with Crippen molar-refractivity contribution in [2.24, 2.45) is 5.92 Å². The van der Waals surface area contributed by atoms with Gasteiger partial charge < -0.3 is 9.32 Å². The van der Waals surface area contributed by atoms with Gasteiger partial charge in [0.25, 0.3) is 5.91 Å². The van der Waals surface area contributed by atoms with Gasteiger partial charge in [-0.3, -0.25) is 9.69 Å². The second-order valence-corrected chi connectivity index (χ2v) is 9.79. The molecule has 1 saturated heterocycles. The summed E-state index contributed by atoms with van der Waals surface area (Å²) >= 11 is 0. The van der Waals surface area contributed by atoms with E-state index in [1.54, 1.807) is 0 Å². The first kappa shape index (κ1) is 23.3. The molecule has 174 valence electrons. The van der Waals surface area contributed by atoms with E-state index in [0.29, 0.717) is 11.8 Å². The maximum atomic E-state index is 13.4. The Bertz CT molecular complexity index is 1070. The molecule has 2 atom stereocenters. The molecule has 2 heterocycles. The zero-order valence-corrected chi connectivity index (χ0v) is 20.5. The molecule has 0 unspecified atom stereocenters. The molecule has 4 rings (SSSR count). The first-order chi connectivity index (χ1) is 15.8. The number of likely N-dealkylation sites (tertiary alicyclic amines) is 1. The molecule has 0 aliphatic carbocycles. The predicted molar refractivity (Wildman–Crippen MR) is 133 cm³/mol. The van der Waals surface area contributed by atoms with Crippen LogP contribution in [0, 0.1) is 26.7 Å². The van der Waals surface area contributed by atoms with Gasteiger partial charge in [-0.2, -0.15) is 0 Å². The summed E-state index contributed by atoms with van der Waals surface area (Å²) in [4.78, 5) is 17.9. The lowest BCUT2D eigenvalue weighted by Crippen LogP contribution is -2.42. The summed E-state index contributed by atoms with van der Waals surface area (Å²) in [6.45, 7) is 14.0. The first-order valence-electron chi connectivity index (χ1n) is 12.0. The first-order valence-corrected chi connectivity index (χ1v) is 12.0. The van der Waals surface area contributed by atoms with Crippen molar-refractivity contribution in [3.05, 3.63) is 94.4 Å². The van der Waals surface area contributed by atoms with Crippen LogP contribution in [0.2, 0.25) is 0 Å². The van der Waals surface area contributed by atoms with E-state index >= 15 is 0 Å². The second-order valence-electron chi connectivity index (χ2n) is 9.79. The molecule has 0 saturated carbocycles. The van der Waals surface area contributed by atoms with Crippen molar-refractivity contribution < 1.29 is 9.21 Å². The minimum absolute atomic E-state index is 0.116. The lowest BCUT2D eigenvalue weighted by Gasteiger charge is -2.32. The number of carbonyl (C=O) groups is 1. The number of hydrogen-bond acceptors (Lipinski definition) is 3. The average Bonchev–Trinajstić information content (AvgIpc) is 3.34. The molecule has 0 radical (unpaired) electrons. The van der Waals surface area contributed by atoms with Gasteiger partial charge in [0.15, 0.2) is 0 Å². The van der Waals surface area contributed by atoms with E-state index in [1.165, 1.54) is 16.7 Å². The second kappa shape index (κ2) is 9.96. The summed E-state index contributed by atoms with van der Waals surface area (Å²) in [5, 5.41) is 0. The van der Waals surface area contributed by atoms with Gasteiger partial charge in [-0.05, 0) is 75.4 Å². The molecule has 33 heavy (non-hydrogen) atoms. The molecule has 1 amide bonds. The van der Waals surface area contributed by atoms with Crippen LogP contribution >= 0.6 is 0 Å². The molecule has 1 fully saturated rings. The Morgan fingerprint density at radius 2 is 1.70 bits per heavy atom. The number of aryl methyl sites for hydroxylation is 3. The van der Waals surface area contributed by atoms with E-state index in [9.17, 15) is 4.79 Å². The number of rotatable bonds is 7. The minimum atomic E-state index is 0.116. The van der Waals surface area contributed by atoms with Gasteiger partial charge in [-0.15, -0.1) is 0 Å². The zero-order chi connectivity index (χ0) is 23.5. The predicted octanol–water partition coefficient (Wildman–Crippen LogP) is 5.97. The molecule has 1 aliphatic heterocycles. The molecular formula is C29H36N2O2. The maximum Gasteiger partial charge on any atom is 0.254 e. The van der Waals surface area contributed by atoms with Crippen LogP contribution in [0.1, 0.15) is 58.3 Å². The van der Waals surface area contributed by atoms with Crippen molar-refractivity contribution in [3.63, 3.8) is 0 Å². The molecule has 1 aromatic heterocycles. The third-order valence-corrected chi connectivity index (χ3v) is 7.04. The molecule has 0 spiro atoms. The van der Waals surface area contributed by atoms with Crippen LogP contribution in [0.5, 0.6) is 0 Å². The smallest absolute Gasteiger partial charge is 0.254 e. The van der Waals surface area contributed by atoms with E-state index < -0.39 is 0 Å². The zero-order valence-electron chi connectivity index (χ0n) is 20.5. The lowest BCUT2D eigenvalue weighted by molar-refractivity contribution is 0.0668. The highest BCUT2D eigenvalue weighted by Crippen LogP contribution is 2.36. The molecule has 0 bridgehead atoms. The average molecular weight is 445 g/mol. The summed E-state index contributed by atoms with van der Waals surface area (Å²) < 4.78 is 5.99. The molecule has 0 N–H and O–H groups in total. The molecular weight excluding hydrogens is 408 g/mol. The van der Waals surface area contributed by atoms with Crippen LogP contribution in [0.3, 0.4) is 0 Å². The van der Waals surface area contributed by atoms with Crippen molar-refractivity contribution >= 4 is 5.91 Å². The fourth-order valence-corrected chi connectivity index (χ4v) is 5.11. The van der Waals surface area contributed by atoms with Gasteiger partial charge in [0, 0.05) is 37.2 Å². The number of furan rings is 1. The Balaban J connectivity index is 1.59. The monoisotopic (exact) mass is 444 g/mol. The van der Waals surface area contributed by atoms with Crippen LogP contribution in [0.25, 0.3) is 0 Å². The number of nitrogens with zero attached hydrogens (tertiary/aromatic N) is 2. The Morgan fingerprint density at radius 3 is 2.33 bits per heavy atom. The van der Waals surface area contributed by atoms with Crippen molar-refractivity contribution in [3.8, 4) is 0 Å². The largest absolute Gasteiger partial charge is 0.465 e. The number of amides is 1. The molecule has 4 heteroatoms. The quantitative estimate of drug-likeness (QED) is 0.450. The number of hydrogen-bond donors (Lipinski definition) is 0. The van der Waals surface area contributed by atoms with Gasteiger partial charge in [0.2, 0.25) is 0 Å². The van der Waals surface area contributed by atoms with Gasteiger partial charge >= 0.3 is 0 Å². The highest BCUT2D eigenvalue weighted by molar-refractivity contribution is 5.94. The Hall–Kier alpha value is -2.85. The van der Waals surface area contributed by atoms with Gasteiger partial charge in [0.05, 0.1) is 6.54 Å². The summed E-state index contributed by atoms with van der Waals surface area (Å²) in [5.74, 6) is 2.88. The summed E-state index contributed by atoms with van der Waals surface area (Å²) in [6.07, 6.45) is 0. The molecule has 1 aliphatic rings. The van der Waals surface area contributed by atoms with E-state index in [0.717, 1.165) is 43.3 Å². The SMILES string of the molecule is Cc1ccccc1[C@@H]1CN(Cc2cc(C)c(C)o2)C[C@@H]1CN(C(=O)c1ccccc1)C(C)C. The lowest BCUT2D eigenvalue weighted by atomic mass is 9.86. The van der Waals surface area contributed by atoms with E-state index in [1.807, 2.05) is 37.3 Å². The van der Waals surface area contributed by atoms with Crippen molar-refractivity contribution in [2.45, 2.75) is 53.1 Å². The van der Waals surface area contributed by atoms with Crippen LogP contribution in [-0.4, -0.2) is 41.4 Å². The Kier molecular flexibility index (Phi) is 7.04. The van der Waals surface area contributed by atoms with Crippen LogP contribution < -0.4 is 0 Å². The van der Waals surface area contributed by atoms with Crippen molar-refractivity contribution in [1.82, 2.24) is 9.80 Å². The highest BCUT2D eigenvalue weighted by Gasteiger charge is 2.37. The van der Waals surface area contributed by atoms with Crippen molar-refractivity contribution in [1.29, 1.82) is 0 Å². The molecule has 3 aromatic rings. The van der Waals surface area contributed by atoms with E-state index in [4.69, 9.17) is 4.42 Å². The van der Waals surface area contributed by atoms with E-state index in [2.05, 4.69) is 67.8 Å². The maximum absolute atomic E-state index is 13.4. The van der Waals surface area contributed by atoms with Crippen molar-refractivity contribution in [2.75, 3.05) is 19.6 Å². The van der Waals surface area contributed by atoms with Crippen LogP contribution in [0.15, 0.2) is 65.1 Å². The molecule has 2 aromatic carbocycles.